The Bertz CT molecular complexity index is 774. The minimum absolute atomic E-state index is 0.0528. The van der Waals surface area contributed by atoms with Gasteiger partial charge in [-0.15, -0.1) is 12.3 Å². The zero-order valence-electron chi connectivity index (χ0n) is 12.7. The highest BCUT2D eigenvalue weighted by atomic mass is 32.2. The van der Waals surface area contributed by atoms with E-state index in [1.165, 1.54) is 19.2 Å². The number of sulfone groups is 1. The van der Waals surface area contributed by atoms with Gasteiger partial charge in [0.05, 0.1) is 18.1 Å². The molecule has 0 aliphatic carbocycles. The summed E-state index contributed by atoms with van der Waals surface area (Å²) in [5.74, 6) is 2.93. The molecule has 2 aromatic carbocycles. The molecular weight excluding hydrogens is 312 g/mol. The largest absolute Gasteiger partial charge is 0.497 e. The maximum atomic E-state index is 12.9. The van der Waals surface area contributed by atoms with Gasteiger partial charge < -0.3 is 9.84 Å². The summed E-state index contributed by atoms with van der Waals surface area (Å²) in [7, 11) is -2.25. The van der Waals surface area contributed by atoms with Crippen molar-refractivity contribution in [2.75, 3.05) is 7.11 Å². The molecule has 0 aliphatic rings. The lowest BCUT2D eigenvalue weighted by Crippen LogP contribution is -2.26. The van der Waals surface area contributed by atoms with Gasteiger partial charge in [0.25, 0.3) is 0 Å². The van der Waals surface area contributed by atoms with E-state index in [4.69, 9.17) is 11.2 Å². The summed E-state index contributed by atoms with van der Waals surface area (Å²) in [5, 5.41) is 9.20. The van der Waals surface area contributed by atoms with Crippen LogP contribution in [0.2, 0.25) is 0 Å². The van der Waals surface area contributed by atoms with Gasteiger partial charge in [-0.3, -0.25) is 0 Å². The number of methoxy groups -OCH3 is 1. The predicted octanol–water partition coefficient (Wildman–Crippen LogP) is 2.59. The maximum Gasteiger partial charge on any atom is 0.187 e. The minimum Gasteiger partial charge on any atom is -0.497 e. The zero-order valence-corrected chi connectivity index (χ0v) is 13.5. The Labute approximate surface area is 136 Å². The number of hydrogen-bond acceptors (Lipinski definition) is 4. The first-order valence-electron chi connectivity index (χ1n) is 7.05. The molecule has 2 aromatic rings. The number of rotatable bonds is 6. The number of benzene rings is 2. The van der Waals surface area contributed by atoms with Crippen LogP contribution in [0, 0.1) is 12.3 Å². The second kappa shape index (κ2) is 7.32. The van der Waals surface area contributed by atoms with Crippen molar-refractivity contribution < 1.29 is 18.3 Å². The maximum absolute atomic E-state index is 12.9. The molecule has 0 heterocycles. The zero-order chi connectivity index (χ0) is 16.9. The van der Waals surface area contributed by atoms with Crippen LogP contribution in [0.4, 0.5) is 0 Å². The van der Waals surface area contributed by atoms with Crippen LogP contribution in [0.15, 0.2) is 59.5 Å². The molecule has 2 unspecified atom stereocenters. The topological polar surface area (TPSA) is 63.6 Å². The second-order valence-corrected chi connectivity index (χ2v) is 7.10. The van der Waals surface area contributed by atoms with Crippen LogP contribution in [-0.2, 0) is 9.84 Å². The molecule has 0 saturated heterocycles. The minimum atomic E-state index is -3.78. The summed E-state index contributed by atoms with van der Waals surface area (Å²) in [6, 6.07) is 14.6. The highest BCUT2D eigenvalue weighted by molar-refractivity contribution is 7.91. The van der Waals surface area contributed by atoms with E-state index in [1.807, 2.05) is 0 Å². The Morgan fingerprint density at radius 1 is 1.13 bits per heavy atom. The quantitative estimate of drug-likeness (QED) is 0.827. The van der Waals surface area contributed by atoms with Gasteiger partial charge in [0.15, 0.2) is 9.84 Å². The summed E-state index contributed by atoms with van der Waals surface area (Å²) in [6.45, 7) is 0. The van der Waals surface area contributed by atoms with Crippen LogP contribution in [0.25, 0.3) is 0 Å². The van der Waals surface area contributed by atoms with Crippen molar-refractivity contribution in [3.05, 3.63) is 60.2 Å². The number of terminal acetylenes is 1. The molecule has 4 nitrogen and oxygen atoms in total. The molecule has 0 saturated carbocycles. The van der Waals surface area contributed by atoms with E-state index in [0.717, 1.165) is 0 Å². The van der Waals surface area contributed by atoms with E-state index < -0.39 is 21.2 Å². The first-order valence-corrected chi connectivity index (χ1v) is 8.59. The standard InChI is InChI=1S/C18H18O4S/c1-3-7-17(19)18(14-10-12-15(22-2)13-11-14)23(20,21)16-8-5-4-6-9-16/h1,4-6,8-13,17-19H,7H2,2H3. The monoisotopic (exact) mass is 330 g/mol. The fourth-order valence-corrected chi connectivity index (χ4v) is 4.24. The lowest BCUT2D eigenvalue weighted by atomic mass is 10.1. The smallest absolute Gasteiger partial charge is 0.187 e. The van der Waals surface area contributed by atoms with Crippen molar-refractivity contribution in [1.82, 2.24) is 0 Å². The van der Waals surface area contributed by atoms with E-state index in [-0.39, 0.29) is 11.3 Å². The van der Waals surface area contributed by atoms with Gasteiger partial charge >= 0.3 is 0 Å². The van der Waals surface area contributed by atoms with Crippen LogP contribution in [-0.4, -0.2) is 26.7 Å². The van der Waals surface area contributed by atoms with Gasteiger partial charge in [-0.1, -0.05) is 30.3 Å². The summed E-state index contributed by atoms with van der Waals surface area (Å²) >= 11 is 0. The third-order valence-corrected chi connectivity index (χ3v) is 5.71. The molecule has 1 N–H and O–H groups in total. The van der Waals surface area contributed by atoms with Gasteiger partial charge in [-0.05, 0) is 29.8 Å². The SMILES string of the molecule is C#CCC(O)C(c1ccc(OC)cc1)S(=O)(=O)c1ccccc1. The van der Waals surface area contributed by atoms with Crippen molar-refractivity contribution in [2.24, 2.45) is 0 Å². The highest BCUT2D eigenvalue weighted by Crippen LogP contribution is 2.33. The second-order valence-electron chi connectivity index (χ2n) is 5.03. The van der Waals surface area contributed by atoms with Crippen molar-refractivity contribution >= 4 is 9.84 Å². The molecule has 23 heavy (non-hydrogen) atoms. The van der Waals surface area contributed by atoms with Crippen LogP contribution in [0.5, 0.6) is 5.75 Å². The Morgan fingerprint density at radius 2 is 1.74 bits per heavy atom. The number of ether oxygens (including phenoxy) is 1. The Hall–Kier alpha value is -2.29. The number of hydrogen-bond donors (Lipinski definition) is 1. The first kappa shape index (κ1) is 17.1. The molecule has 120 valence electrons. The molecular formula is C18H18O4S. The molecule has 0 amide bonds. The van der Waals surface area contributed by atoms with Crippen LogP contribution in [0.1, 0.15) is 17.2 Å². The summed E-state index contributed by atoms with van der Waals surface area (Å²) in [4.78, 5) is 0.150. The lowest BCUT2D eigenvalue weighted by Gasteiger charge is -2.22. The van der Waals surface area contributed by atoms with Crippen LogP contribution in [0.3, 0.4) is 0 Å². The third kappa shape index (κ3) is 3.73. The van der Waals surface area contributed by atoms with Crippen molar-refractivity contribution in [3.8, 4) is 18.1 Å². The summed E-state index contributed by atoms with van der Waals surface area (Å²) in [6.07, 6.45) is 4.00. The normalized spacial score (nSPS) is 13.8. The molecule has 0 aromatic heterocycles. The molecule has 2 rings (SSSR count). The Kier molecular flexibility index (Phi) is 5.43. The molecule has 0 spiro atoms. The van der Waals surface area contributed by atoms with E-state index in [2.05, 4.69) is 5.92 Å². The Balaban J connectivity index is 2.52. The van der Waals surface area contributed by atoms with E-state index in [9.17, 15) is 13.5 Å². The Morgan fingerprint density at radius 3 is 2.26 bits per heavy atom. The van der Waals surface area contributed by atoms with Crippen LogP contribution >= 0.6 is 0 Å². The van der Waals surface area contributed by atoms with Crippen molar-refractivity contribution in [1.29, 1.82) is 0 Å². The fraction of sp³-hybridized carbons (Fsp3) is 0.222. The van der Waals surface area contributed by atoms with E-state index in [0.29, 0.717) is 11.3 Å². The predicted molar refractivity (Wildman–Crippen MR) is 88.8 cm³/mol. The average Bonchev–Trinajstić information content (AvgIpc) is 2.56. The van der Waals surface area contributed by atoms with Gasteiger partial charge in [-0.2, -0.15) is 0 Å². The molecule has 0 radical (unpaired) electrons. The lowest BCUT2D eigenvalue weighted by molar-refractivity contribution is 0.173. The van der Waals surface area contributed by atoms with Gasteiger partial charge in [0, 0.05) is 6.42 Å². The number of aliphatic hydroxyl groups excluding tert-OH is 1. The summed E-state index contributed by atoms with van der Waals surface area (Å²) < 4.78 is 31.0. The van der Waals surface area contributed by atoms with Gasteiger partial charge in [0.2, 0.25) is 0 Å². The third-order valence-electron chi connectivity index (χ3n) is 3.53. The molecule has 5 heteroatoms. The molecule has 0 bridgehead atoms. The fourth-order valence-electron chi connectivity index (χ4n) is 2.39. The van der Waals surface area contributed by atoms with Crippen LogP contribution < -0.4 is 4.74 Å². The van der Waals surface area contributed by atoms with E-state index >= 15 is 0 Å². The van der Waals surface area contributed by atoms with Gasteiger partial charge in [0.1, 0.15) is 11.0 Å². The number of aliphatic hydroxyl groups is 1. The molecule has 2 atom stereocenters. The molecule has 0 fully saturated rings. The summed E-state index contributed by atoms with van der Waals surface area (Å²) in [5.41, 5.74) is 0.470. The average molecular weight is 330 g/mol. The molecule has 0 aliphatic heterocycles. The van der Waals surface area contributed by atoms with E-state index in [1.54, 1.807) is 42.5 Å². The first-order chi connectivity index (χ1) is 11.0. The van der Waals surface area contributed by atoms with Gasteiger partial charge in [-0.25, -0.2) is 8.42 Å². The highest BCUT2D eigenvalue weighted by Gasteiger charge is 2.34. The van der Waals surface area contributed by atoms with Crippen molar-refractivity contribution in [3.63, 3.8) is 0 Å². The van der Waals surface area contributed by atoms with Crippen molar-refractivity contribution in [2.45, 2.75) is 22.7 Å².